The second-order valence-electron chi connectivity index (χ2n) is 6.74. The molecule has 0 saturated heterocycles. The van der Waals surface area contributed by atoms with E-state index in [1.807, 2.05) is 41.3 Å². The molecule has 6 heteroatoms. The first-order valence-corrected chi connectivity index (χ1v) is 9.28. The third kappa shape index (κ3) is 3.96. The van der Waals surface area contributed by atoms with Gasteiger partial charge in [-0.15, -0.1) is 0 Å². The van der Waals surface area contributed by atoms with Gasteiger partial charge >= 0.3 is 0 Å². The molecule has 1 aliphatic heterocycles. The Morgan fingerprint density at radius 3 is 2.68 bits per heavy atom. The Bertz CT molecular complexity index is 972. The van der Waals surface area contributed by atoms with Gasteiger partial charge in [-0.25, -0.2) is 9.97 Å². The van der Waals surface area contributed by atoms with Crippen LogP contribution < -0.4 is 10.1 Å². The second-order valence-corrected chi connectivity index (χ2v) is 6.74. The topological polar surface area (TPSA) is 67.3 Å². The van der Waals surface area contributed by atoms with Crippen LogP contribution in [0.2, 0.25) is 0 Å². The summed E-state index contributed by atoms with van der Waals surface area (Å²) in [7, 11) is 1.65. The number of nitrogens with zero attached hydrogens (tertiary/aromatic N) is 3. The molecule has 2 aromatic carbocycles. The van der Waals surface area contributed by atoms with Crippen LogP contribution in [0.25, 0.3) is 0 Å². The summed E-state index contributed by atoms with van der Waals surface area (Å²) in [6, 6.07) is 17.8. The fourth-order valence-corrected chi connectivity index (χ4v) is 3.34. The molecule has 2 heterocycles. The minimum absolute atomic E-state index is 0.0654. The van der Waals surface area contributed by atoms with Crippen molar-refractivity contribution in [3.8, 4) is 5.75 Å². The number of rotatable bonds is 5. The molecule has 0 saturated carbocycles. The molecule has 0 aliphatic carbocycles. The normalized spacial score (nSPS) is 13.0. The summed E-state index contributed by atoms with van der Waals surface area (Å²) in [6.07, 6.45) is 2.30. The number of carbonyl (C=O) groups excluding carboxylic acids is 1. The molecule has 4 rings (SSSR count). The quantitative estimate of drug-likeness (QED) is 0.742. The Kier molecular flexibility index (Phi) is 5.19. The molecule has 1 N–H and O–H groups in total. The number of hydrogen-bond donors (Lipinski definition) is 1. The molecule has 0 unspecified atom stereocenters. The number of fused-ring (bicyclic) bond motifs is 1. The van der Waals surface area contributed by atoms with Gasteiger partial charge in [0.2, 0.25) is 0 Å². The average molecular weight is 374 g/mol. The van der Waals surface area contributed by atoms with Crippen LogP contribution in [0.4, 0.5) is 5.82 Å². The number of aromatic nitrogens is 2. The summed E-state index contributed by atoms with van der Waals surface area (Å²) < 4.78 is 5.17. The summed E-state index contributed by atoms with van der Waals surface area (Å²) in [4.78, 5) is 23.2. The first kappa shape index (κ1) is 18.0. The zero-order valence-corrected chi connectivity index (χ0v) is 15.8. The number of ether oxygens (including phenoxy) is 1. The van der Waals surface area contributed by atoms with Crippen LogP contribution in [-0.4, -0.2) is 34.4 Å². The fraction of sp³-hybridized carbons (Fsp3) is 0.227. The number of anilines is 1. The SMILES string of the molecule is COc1ccc(CNc2cc(C(=O)N3CCc4ccccc4C3)ncn2)cc1. The van der Waals surface area contributed by atoms with E-state index in [0.29, 0.717) is 31.1 Å². The van der Waals surface area contributed by atoms with E-state index in [-0.39, 0.29) is 5.91 Å². The first-order valence-electron chi connectivity index (χ1n) is 9.28. The van der Waals surface area contributed by atoms with Crippen LogP contribution in [0, 0.1) is 0 Å². The summed E-state index contributed by atoms with van der Waals surface area (Å²) >= 11 is 0. The lowest BCUT2D eigenvalue weighted by molar-refractivity contribution is 0.0728. The predicted molar refractivity (Wildman–Crippen MR) is 107 cm³/mol. The second kappa shape index (κ2) is 8.08. The lowest BCUT2D eigenvalue weighted by Gasteiger charge is -2.28. The Labute approximate surface area is 164 Å². The molecular formula is C22H22N4O2. The smallest absolute Gasteiger partial charge is 0.272 e. The van der Waals surface area contributed by atoms with Crippen molar-refractivity contribution >= 4 is 11.7 Å². The number of methoxy groups -OCH3 is 1. The van der Waals surface area contributed by atoms with E-state index >= 15 is 0 Å². The Hall–Kier alpha value is -3.41. The van der Waals surface area contributed by atoms with Gasteiger partial charge in [0.1, 0.15) is 23.6 Å². The average Bonchev–Trinajstić information content (AvgIpc) is 2.77. The molecule has 0 fully saturated rings. The van der Waals surface area contributed by atoms with Gasteiger partial charge in [-0.1, -0.05) is 36.4 Å². The number of benzene rings is 2. The van der Waals surface area contributed by atoms with Crippen molar-refractivity contribution in [1.29, 1.82) is 0 Å². The fourth-order valence-electron chi connectivity index (χ4n) is 3.34. The van der Waals surface area contributed by atoms with Crippen LogP contribution >= 0.6 is 0 Å². The number of hydrogen-bond acceptors (Lipinski definition) is 5. The minimum Gasteiger partial charge on any atom is -0.497 e. The minimum atomic E-state index is -0.0654. The van der Waals surface area contributed by atoms with E-state index in [2.05, 4.69) is 27.4 Å². The van der Waals surface area contributed by atoms with Gasteiger partial charge in [0.15, 0.2) is 0 Å². The van der Waals surface area contributed by atoms with Crippen LogP contribution in [0.3, 0.4) is 0 Å². The van der Waals surface area contributed by atoms with E-state index in [1.54, 1.807) is 13.2 Å². The largest absolute Gasteiger partial charge is 0.497 e. The molecule has 142 valence electrons. The van der Waals surface area contributed by atoms with Crippen molar-refractivity contribution in [2.24, 2.45) is 0 Å². The highest BCUT2D eigenvalue weighted by molar-refractivity contribution is 5.93. The highest BCUT2D eigenvalue weighted by atomic mass is 16.5. The standard InChI is InChI=1S/C22H22N4O2/c1-28-19-8-6-16(7-9-19)13-23-21-12-20(24-15-25-21)22(27)26-11-10-17-4-2-3-5-18(17)14-26/h2-9,12,15H,10-11,13-14H2,1H3,(H,23,24,25). The van der Waals surface area contributed by atoms with Gasteiger partial charge in [0.05, 0.1) is 7.11 Å². The zero-order chi connectivity index (χ0) is 19.3. The van der Waals surface area contributed by atoms with Crippen molar-refractivity contribution in [1.82, 2.24) is 14.9 Å². The zero-order valence-electron chi connectivity index (χ0n) is 15.8. The summed E-state index contributed by atoms with van der Waals surface area (Å²) in [5.74, 6) is 1.39. The van der Waals surface area contributed by atoms with Crippen LogP contribution in [-0.2, 0) is 19.5 Å². The molecule has 1 amide bonds. The van der Waals surface area contributed by atoms with Gasteiger partial charge in [0.25, 0.3) is 5.91 Å². The third-order valence-corrected chi connectivity index (χ3v) is 4.94. The molecule has 1 aromatic heterocycles. The van der Waals surface area contributed by atoms with Gasteiger partial charge in [-0.05, 0) is 35.2 Å². The monoisotopic (exact) mass is 374 g/mol. The van der Waals surface area contributed by atoms with Crippen LogP contribution in [0.1, 0.15) is 27.2 Å². The Morgan fingerprint density at radius 2 is 1.89 bits per heavy atom. The van der Waals surface area contributed by atoms with E-state index < -0.39 is 0 Å². The molecule has 0 spiro atoms. The molecule has 0 atom stereocenters. The highest BCUT2D eigenvalue weighted by Gasteiger charge is 2.22. The van der Waals surface area contributed by atoms with Crippen LogP contribution in [0.15, 0.2) is 60.9 Å². The Morgan fingerprint density at radius 1 is 1.11 bits per heavy atom. The molecular weight excluding hydrogens is 352 g/mol. The summed E-state index contributed by atoms with van der Waals surface area (Å²) in [5.41, 5.74) is 4.02. The summed E-state index contributed by atoms with van der Waals surface area (Å²) in [5, 5.41) is 3.25. The molecule has 0 bridgehead atoms. The van der Waals surface area contributed by atoms with E-state index in [1.165, 1.54) is 17.5 Å². The van der Waals surface area contributed by atoms with Gasteiger partial charge in [-0.2, -0.15) is 0 Å². The predicted octanol–water partition coefficient (Wildman–Crippen LogP) is 3.30. The Balaban J connectivity index is 1.42. The van der Waals surface area contributed by atoms with Crippen molar-refractivity contribution in [3.05, 3.63) is 83.3 Å². The molecule has 28 heavy (non-hydrogen) atoms. The lowest BCUT2D eigenvalue weighted by atomic mass is 10.00. The number of amides is 1. The van der Waals surface area contributed by atoms with E-state index in [9.17, 15) is 4.79 Å². The lowest BCUT2D eigenvalue weighted by Crippen LogP contribution is -2.36. The maximum atomic E-state index is 12.9. The van der Waals surface area contributed by atoms with E-state index in [4.69, 9.17) is 4.74 Å². The third-order valence-electron chi connectivity index (χ3n) is 4.94. The van der Waals surface area contributed by atoms with Crippen LogP contribution in [0.5, 0.6) is 5.75 Å². The van der Waals surface area contributed by atoms with Crippen molar-refractivity contribution in [2.75, 3.05) is 19.0 Å². The number of nitrogens with one attached hydrogen (secondary N) is 1. The molecule has 1 aliphatic rings. The summed E-state index contributed by atoms with van der Waals surface area (Å²) in [6.45, 7) is 1.92. The molecule has 0 radical (unpaired) electrons. The van der Waals surface area contributed by atoms with Crippen molar-refractivity contribution < 1.29 is 9.53 Å². The molecule has 6 nitrogen and oxygen atoms in total. The maximum Gasteiger partial charge on any atom is 0.272 e. The van der Waals surface area contributed by atoms with Crippen molar-refractivity contribution in [3.63, 3.8) is 0 Å². The van der Waals surface area contributed by atoms with Gasteiger partial charge in [0, 0.05) is 25.7 Å². The first-order chi connectivity index (χ1) is 13.7. The maximum absolute atomic E-state index is 12.9. The van der Waals surface area contributed by atoms with E-state index in [0.717, 1.165) is 17.7 Å². The molecule has 3 aromatic rings. The van der Waals surface area contributed by atoms with Gasteiger partial charge in [-0.3, -0.25) is 4.79 Å². The van der Waals surface area contributed by atoms with Gasteiger partial charge < -0.3 is 15.0 Å². The number of carbonyl (C=O) groups is 1. The highest BCUT2D eigenvalue weighted by Crippen LogP contribution is 2.20. The van der Waals surface area contributed by atoms with Crippen molar-refractivity contribution in [2.45, 2.75) is 19.5 Å².